The average Bonchev–Trinajstić information content (AvgIpc) is 2.57. The van der Waals surface area contributed by atoms with Crippen LogP contribution in [0.4, 0.5) is 0 Å². The van der Waals surface area contributed by atoms with Crippen molar-refractivity contribution in [3.63, 3.8) is 0 Å². The molecule has 0 bridgehead atoms. The monoisotopic (exact) mass is 224 g/mol. The van der Waals surface area contributed by atoms with Crippen molar-refractivity contribution in [2.45, 2.75) is 45.4 Å². The Kier molecular flexibility index (Phi) is 5.11. The summed E-state index contributed by atoms with van der Waals surface area (Å²) in [7, 11) is 0. The van der Waals surface area contributed by atoms with Crippen LogP contribution in [0.15, 0.2) is 0 Å². The van der Waals surface area contributed by atoms with Gasteiger partial charge in [-0.3, -0.25) is 0 Å². The van der Waals surface area contributed by atoms with E-state index in [-0.39, 0.29) is 0 Å². The zero-order valence-electron chi connectivity index (χ0n) is 10.9. The molecule has 2 rings (SSSR count). The van der Waals surface area contributed by atoms with Crippen molar-refractivity contribution in [2.75, 3.05) is 32.7 Å². The lowest BCUT2D eigenvalue weighted by atomic mass is 9.81. The number of rotatable bonds is 3. The molecule has 2 nitrogen and oxygen atoms in total. The van der Waals surface area contributed by atoms with Crippen LogP contribution in [0.2, 0.25) is 0 Å². The third kappa shape index (κ3) is 4.06. The SMILES string of the molecule is CC1CCC(CCN2CCCNCC2)CC1. The Morgan fingerprint density at radius 2 is 1.88 bits per heavy atom. The lowest BCUT2D eigenvalue weighted by molar-refractivity contribution is 0.223. The fourth-order valence-electron chi connectivity index (χ4n) is 3.11. The molecule has 2 heteroatoms. The van der Waals surface area contributed by atoms with Crippen molar-refractivity contribution in [1.29, 1.82) is 0 Å². The molecule has 1 saturated carbocycles. The molecule has 2 fully saturated rings. The second-order valence-corrected chi connectivity index (χ2v) is 5.86. The van der Waals surface area contributed by atoms with Crippen LogP contribution in [-0.4, -0.2) is 37.6 Å². The lowest BCUT2D eigenvalue weighted by Gasteiger charge is -2.28. The van der Waals surface area contributed by atoms with Crippen LogP contribution < -0.4 is 5.32 Å². The first-order valence-corrected chi connectivity index (χ1v) is 7.27. The highest BCUT2D eigenvalue weighted by Gasteiger charge is 2.19. The quantitative estimate of drug-likeness (QED) is 0.792. The smallest absolute Gasteiger partial charge is 0.0107 e. The van der Waals surface area contributed by atoms with E-state index in [9.17, 15) is 0 Å². The average molecular weight is 224 g/mol. The highest BCUT2D eigenvalue weighted by atomic mass is 15.1. The first-order chi connectivity index (χ1) is 7.84. The lowest BCUT2D eigenvalue weighted by Crippen LogP contribution is -2.30. The molecule has 0 unspecified atom stereocenters. The van der Waals surface area contributed by atoms with Crippen molar-refractivity contribution in [1.82, 2.24) is 10.2 Å². The molecule has 1 aliphatic carbocycles. The summed E-state index contributed by atoms with van der Waals surface area (Å²) >= 11 is 0. The van der Waals surface area contributed by atoms with Crippen molar-refractivity contribution in [2.24, 2.45) is 11.8 Å². The number of nitrogens with zero attached hydrogens (tertiary/aromatic N) is 1. The van der Waals surface area contributed by atoms with Gasteiger partial charge in [-0.05, 0) is 44.3 Å². The summed E-state index contributed by atoms with van der Waals surface area (Å²) in [6.45, 7) is 8.76. The Balaban J connectivity index is 1.62. The molecule has 0 aromatic carbocycles. The van der Waals surface area contributed by atoms with Gasteiger partial charge < -0.3 is 10.2 Å². The summed E-state index contributed by atoms with van der Waals surface area (Å²) in [5.74, 6) is 2.03. The summed E-state index contributed by atoms with van der Waals surface area (Å²) in [5, 5.41) is 3.48. The molecule has 0 aromatic heterocycles. The van der Waals surface area contributed by atoms with Gasteiger partial charge in [-0.25, -0.2) is 0 Å². The first kappa shape index (κ1) is 12.4. The molecule has 2 aliphatic rings. The largest absolute Gasteiger partial charge is 0.315 e. The second kappa shape index (κ2) is 6.61. The van der Waals surface area contributed by atoms with Gasteiger partial charge in [0, 0.05) is 13.1 Å². The van der Waals surface area contributed by atoms with E-state index in [1.54, 1.807) is 0 Å². The van der Waals surface area contributed by atoms with Gasteiger partial charge in [0.05, 0.1) is 0 Å². The molecule has 0 aromatic rings. The Morgan fingerprint density at radius 1 is 1.06 bits per heavy atom. The van der Waals surface area contributed by atoms with E-state index < -0.39 is 0 Å². The Labute approximate surface area is 101 Å². The minimum atomic E-state index is 0.999. The maximum Gasteiger partial charge on any atom is 0.0107 e. The maximum atomic E-state index is 3.48. The minimum absolute atomic E-state index is 0.999. The first-order valence-electron chi connectivity index (χ1n) is 7.27. The van der Waals surface area contributed by atoms with Gasteiger partial charge in [-0.1, -0.05) is 32.6 Å². The van der Waals surface area contributed by atoms with Crippen molar-refractivity contribution < 1.29 is 0 Å². The molecule has 1 aliphatic heterocycles. The molecular formula is C14H28N2. The topological polar surface area (TPSA) is 15.3 Å². The molecule has 1 N–H and O–H groups in total. The van der Waals surface area contributed by atoms with Gasteiger partial charge in [0.15, 0.2) is 0 Å². The molecule has 16 heavy (non-hydrogen) atoms. The molecule has 0 spiro atoms. The van der Waals surface area contributed by atoms with Crippen molar-refractivity contribution in [3.8, 4) is 0 Å². The van der Waals surface area contributed by atoms with Crippen LogP contribution in [0.5, 0.6) is 0 Å². The predicted molar refractivity (Wildman–Crippen MR) is 69.7 cm³/mol. The summed E-state index contributed by atoms with van der Waals surface area (Å²) in [5.41, 5.74) is 0. The van der Waals surface area contributed by atoms with Crippen LogP contribution in [0.3, 0.4) is 0 Å². The zero-order chi connectivity index (χ0) is 11.2. The minimum Gasteiger partial charge on any atom is -0.315 e. The van der Waals surface area contributed by atoms with E-state index >= 15 is 0 Å². The van der Waals surface area contributed by atoms with Crippen molar-refractivity contribution in [3.05, 3.63) is 0 Å². The highest BCUT2D eigenvalue weighted by molar-refractivity contribution is 4.73. The van der Waals surface area contributed by atoms with Gasteiger partial charge in [0.1, 0.15) is 0 Å². The van der Waals surface area contributed by atoms with Gasteiger partial charge >= 0.3 is 0 Å². The van der Waals surface area contributed by atoms with E-state index in [0.29, 0.717) is 0 Å². The van der Waals surface area contributed by atoms with E-state index in [0.717, 1.165) is 11.8 Å². The van der Waals surface area contributed by atoms with Gasteiger partial charge in [-0.2, -0.15) is 0 Å². The van der Waals surface area contributed by atoms with E-state index in [1.165, 1.54) is 71.2 Å². The fraction of sp³-hybridized carbons (Fsp3) is 1.00. The Hall–Kier alpha value is -0.0800. The normalized spacial score (nSPS) is 33.6. The zero-order valence-corrected chi connectivity index (χ0v) is 10.9. The summed E-state index contributed by atoms with van der Waals surface area (Å²) in [6, 6.07) is 0. The van der Waals surface area contributed by atoms with E-state index in [4.69, 9.17) is 0 Å². The van der Waals surface area contributed by atoms with E-state index in [2.05, 4.69) is 17.1 Å². The predicted octanol–water partition coefficient (Wildman–Crippen LogP) is 2.50. The van der Waals surface area contributed by atoms with Gasteiger partial charge in [-0.15, -0.1) is 0 Å². The molecule has 94 valence electrons. The molecule has 0 amide bonds. The van der Waals surface area contributed by atoms with E-state index in [1.807, 2.05) is 0 Å². The van der Waals surface area contributed by atoms with Crippen LogP contribution >= 0.6 is 0 Å². The van der Waals surface area contributed by atoms with Crippen LogP contribution in [0, 0.1) is 11.8 Å². The maximum absolute atomic E-state index is 3.48. The standard InChI is InChI=1S/C14H28N2/c1-13-3-5-14(6-4-13)7-11-16-10-2-8-15-9-12-16/h13-15H,2-12H2,1H3. The Morgan fingerprint density at radius 3 is 2.69 bits per heavy atom. The van der Waals surface area contributed by atoms with Gasteiger partial charge in [0.2, 0.25) is 0 Å². The Bertz CT molecular complexity index is 177. The second-order valence-electron chi connectivity index (χ2n) is 5.86. The molecule has 0 atom stereocenters. The number of nitrogens with one attached hydrogen (secondary N) is 1. The fourth-order valence-corrected chi connectivity index (χ4v) is 3.11. The summed E-state index contributed by atoms with van der Waals surface area (Å²) in [6.07, 6.45) is 8.73. The molecule has 0 radical (unpaired) electrons. The molecule has 1 heterocycles. The van der Waals surface area contributed by atoms with Gasteiger partial charge in [0.25, 0.3) is 0 Å². The molecular weight excluding hydrogens is 196 g/mol. The van der Waals surface area contributed by atoms with Crippen molar-refractivity contribution >= 4 is 0 Å². The number of hydrogen-bond acceptors (Lipinski definition) is 2. The van der Waals surface area contributed by atoms with Crippen LogP contribution in [0.1, 0.15) is 45.4 Å². The summed E-state index contributed by atoms with van der Waals surface area (Å²) < 4.78 is 0. The molecule has 1 saturated heterocycles. The third-order valence-corrected chi connectivity index (χ3v) is 4.42. The van der Waals surface area contributed by atoms with Crippen LogP contribution in [-0.2, 0) is 0 Å². The summed E-state index contributed by atoms with van der Waals surface area (Å²) in [4.78, 5) is 2.66. The number of hydrogen-bond donors (Lipinski definition) is 1. The third-order valence-electron chi connectivity index (χ3n) is 4.42. The van der Waals surface area contributed by atoms with Crippen LogP contribution in [0.25, 0.3) is 0 Å². The highest BCUT2D eigenvalue weighted by Crippen LogP contribution is 2.30.